The number of carbonyl (C=O) groups is 2. The molecule has 0 aliphatic heterocycles. The van der Waals surface area contributed by atoms with Crippen LogP contribution in [0.3, 0.4) is 0 Å². The molecule has 0 unspecified atom stereocenters. The monoisotopic (exact) mass is 365 g/mol. The van der Waals surface area contributed by atoms with Crippen molar-refractivity contribution in [2.45, 2.75) is 46.0 Å². The molecule has 0 aliphatic rings. The van der Waals surface area contributed by atoms with E-state index in [1.54, 1.807) is 25.1 Å². The molecule has 0 aromatic heterocycles. The fourth-order valence-corrected chi connectivity index (χ4v) is 2.38. The number of anilines is 1. The second-order valence-corrected chi connectivity index (χ2v) is 6.30. The molecule has 0 spiro atoms. The van der Waals surface area contributed by atoms with Crippen molar-refractivity contribution < 1.29 is 23.8 Å². The van der Waals surface area contributed by atoms with E-state index >= 15 is 0 Å². The van der Waals surface area contributed by atoms with E-state index in [9.17, 15) is 9.59 Å². The third-order valence-electron chi connectivity index (χ3n) is 3.94. The first kappa shape index (κ1) is 22.1. The Morgan fingerprint density at radius 2 is 2.00 bits per heavy atom. The molecule has 0 saturated heterocycles. The molecule has 0 fully saturated rings. The number of aldehydes is 1. The van der Waals surface area contributed by atoms with Crippen molar-refractivity contribution in [1.29, 1.82) is 0 Å². The van der Waals surface area contributed by atoms with Crippen LogP contribution in [0.25, 0.3) is 0 Å². The zero-order valence-electron chi connectivity index (χ0n) is 16.1. The topological polar surface area (TPSA) is 73.9 Å². The van der Waals surface area contributed by atoms with Crippen LogP contribution in [0.4, 0.5) is 5.69 Å². The minimum atomic E-state index is -0.358. The maximum Gasteiger partial charge on any atom is 0.229 e. The van der Waals surface area contributed by atoms with Gasteiger partial charge >= 0.3 is 0 Å². The highest BCUT2D eigenvalue weighted by Crippen LogP contribution is 2.22. The highest BCUT2D eigenvalue weighted by molar-refractivity contribution is 5.97. The largest absolute Gasteiger partial charge is 0.494 e. The van der Waals surface area contributed by atoms with Gasteiger partial charge in [-0.15, -0.1) is 0 Å². The van der Waals surface area contributed by atoms with Gasteiger partial charge in [0.1, 0.15) is 12.5 Å². The molecule has 0 heterocycles. The Hall–Kier alpha value is -1.92. The molecule has 1 aromatic rings. The fourth-order valence-electron chi connectivity index (χ4n) is 2.38. The molecule has 0 aliphatic carbocycles. The van der Waals surface area contributed by atoms with Crippen molar-refractivity contribution in [1.82, 2.24) is 0 Å². The second kappa shape index (κ2) is 13.3. The lowest BCUT2D eigenvalue weighted by Crippen LogP contribution is -2.25. The molecule has 1 rings (SSSR count). The van der Waals surface area contributed by atoms with E-state index in [0.29, 0.717) is 23.6 Å². The Bertz CT molecular complexity index is 547. The van der Waals surface area contributed by atoms with Crippen LogP contribution in [-0.4, -0.2) is 39.3 Å². The predicted octanol–water partition coefficient (Wildman–Crippen LogP) is 4.04. The van der Waals surface area contributed by atoms with Crippen LogP contribution in [0.1, 0.15) is 56.3 Å². The van der Waals surface area contributed by atoms with Gasteiger partial charge in [-0.1, -0.05) is 39.5 Å². The van der Waals surface area contributed by atoms with Crippen molar-refractivity contribution in [3.8, 4) is 5.75 Å². The Morgan fingerprint density at radius 3 is 2.69 bits per heavy atom. The van der Waals surface area contributed by atoms with Crippen LogP contribution >= 0.6 is 0 Å². The Balaban J connectivity index is 2.51. The molecular weight excluding hydrogens is 334 g/mol. The molecular formula is C20H31NO5. The first-order chi connectivity index (χ1) is 12.6. The Kier molecular flexibility index (Phi) is 11.3. The molecule has 1 aromatic carbocycles. The van der Waals surface area contributed by atoms with Crippen LogP contribution in [0.5, 0.6) is 5.75 Å². The maximum atomic E-state index is 12.2. The highest BCUT2D eigenvalue weighted by Gasteiger charge is 2.15. The summed E-state index contributed by atoms with van der Waals surface area (Å²) in [4.78, 5) is 23.5. The summed E-state index contributed by atoms with van der Waals surface area (Å²) in [6.45, 7) is 4.95. The summed E-state index contributed by atoms with van der Waals surface area (Å²) in [6.07, 6.45) is 6.54. The first-order valence-electron chi connectivity index (χ1n) is 9.21. The van der Waals surface area contributed by atoms with Crippen LogP contribution in [-0.2, 0) is 14.3 Å². The van der Waals surface area contributed by atoms with Gasteiger partial charge in [-0.25, -0.2) is 0 Å². The zero-order chi connectivity index (χ0) is 19.2. The van der Waals surface area contributed by atoms with Gasteiger partial charge in [-0.2, -0.15) is 0 Å². The third-order valence-corrected chi connectivity index (χ3v) is 3.94. The lowest BCUT2D eigenvalue weighted by molar-refractivity contribution is -0.123. The van der Waals surface area contributed by atoms with Crippen molar-refractivity contribution in [2.75, 3.05) is 32.4 Å². The number of hydrogen-bond donors (Lipinski definition) is 1. The number of nitrogens with one attached hydrogen (secondary N) is 1. The van der Waals surface area contributed by atoms with Gasteiger partial charge in [0.2, 0.25) is 5.91 Å². The normalized spacial score (nSPS) is 11.8. The second-order valence-electron chi connectivity index (χ2n) is 6.30. The number of carbonyl (C=O) groups excluding carboxylic acids is 2. The number of benzene rings is 1. The summed E-state index contributed by atoms with van der Waals surface area (Å²) >= 11 is 0. The van der Waals surface area contributed by atoms with Crippen LogP contribution in [0.2, 0.25) is 0 Å². The summed E-state index contributed by atoms with van der Waals surface area (Å²) < 4.78 is 15.7. The summed E-state index contributed by atoms with van der Waals surface area (Å²) in [5.74, 6) is 0.0644. The van der Waals surface area contributed by atoms with Crippen LogP contribution in [0, 0.1) is 5.92 Å². The maximum absolute atomic E-state index is 12.2. The number of hydrogen-bond acceptors (Lipinski definition) is 5. The number of amides is 1. The fraction of sp³-hybridized carbons (Fsp3) is 0.600. The molecule has 1 atom stereocenters. The van der Waals surface area contributed by atoms with Gasteiger partial charge in [0, 0.05) is 12.7 Å². The molecule has 6 heteroatoms. The van der Waals surface area contributed by atoms with E-state index in [1.807, 2.05) is 0 Å². The van der Waals surface area contributed by atoms with E-state index in [0.717, 1.165) is 19.1 Å². The SMILES string of the molecule is CCCCCCCOc1ccc(NC(=O)[C@H](C)COCOC)c(C=O)c1. The molecule has 146 valence electrons. The van der Waals surface area contributed by atoms with Gasteiger partial charge in [-0.3, -0.25) is 9.59 Å². The predicted molar refractivity (Wildman–Crippen MR) is 102 cm³/mol. The molecule has 0 saturated carbocycles. The van der Waals surface area contributed by atoms with Gasteiger partial charge in [-0.05, 0) is 24.6 Å². The zero-order valence-corrected chi connectivity index (χ0v) is 16.1. The van der Waals surface area contributed by atoms with E-state index in [-0.39, 0.29) is 25.2 Å². The van der Waals surface area contributed by atoms with E-state index in [4.69, 9.17) is 14.2 Å². The van der Waals surface area contributed by atoms with Gasteiger partial charge in [0.15, 0.2) is 6.29 Å². The molecule has 1 N–H and O–H groups in total. The molecule has 26 heavy (non-hydrogen) atoms. The average Bonchev–Trinajstić information content (AvgIpc) is 2.65. The number of methoxy groups -OCH3 is 1. The van der Waals surface area contributed by atoms with Gasteiger partial charge in [0.05, 0.1) is 24.8 Å². The number of unbranched alkanes of at least 4 members (excludes halogenated alkanes) is 4. The smallest absolute Gasteiger partial charge is 0.229 e. The Labute approximate surface area is 156 Å². The standard InChI is InChI=1S/C20H31NO5/c1-4-5-6-7-8-11-26-18-9-10-19(17(12-18)13-22)21-20(23)16(2)14-25-15-24-3/h9-10,12-13,16H,4-8,11,14-15H2,1-3H3,(H,21,23)/t16-/m1/s1. The third kappa shape index (κ3) is 8.45. The van der Waals surface area contributed by atoms with Crippen LogP contribution < -0.4 is 10.1 Å². The minimum absolute atomic E-state index is 0.141. The summed E-state index contributed by atoms with van der Waals surface area (Å²) in [6, 6.07) is 5.11. The van der Waals surface area contributed by atoms with Crippen molar-refractivity contribution >= 4 is 17.9 Å². The van der Waals surface area contributed by atoms with E-state index in [2.05, 4.69) is 12.2 Å². The first-order valence-corrected chi connectivity index (χ1v) is 9.21. The summed E-state index contributed by atoms with van der Waals surface area (Å²) in [7, 11) is 1.52. The lowest BCUT2D eigenvalue weighted by atomic mass is 10.1. The number of ether oxygens (including phenoxy) is 3. The van der Waals surface area contributed by atoms with Crippen molar-refractivity contribution in [2.24, 2.45) is 5.92 Å². The number of rotatable bonds is 14. The van der Waals surface area contributed by atoms with E-state index in [1.165, 1.54) is 26.4 Å². The molecule has 1 amide bonds. The quantitative estimate of drug-likeness (QED) is 0.306. The summed E-state index contributed by atoms with van der Waals surface area (Å²) in [5, 5.41) is 2.76. The van der Waals surface area contributed by atoms with Crippen LogP contribution in [0.15, 0.2) is 18.2 Å². The van der Waals surface area contributed by atoms with Gasteiger partial charge < -0.3 is 19.5 Å². The van der Waals surface area contributed by atoms with Crippen molar-refractivity contribution in [3.63, 3.8) is 0 Å². The lowest BCUT2D eigenvalue weighted by Gasteiger charge is -2.14. The van der Waals surface area contributed by atoms with Gasteiger partial charge in [0.25, 0.3) is 0 Å². The minimum Gasteiger partial charge on any atom is -0.494 e. The molecule has 0 radical (unpaired) electrons. The average molecular weight is 365 g/mol. The summed E-state index contributed by atoms with van der Waals surface area (Å²) in [5.41, 5.74) is 0.866. The Morgan fingerprint density at radius 1 is 1.23 bits per heavy atom. The van der Waals surface area contributed by atoms with Crippen molar-refractivity contribution in [3.05, 3.63) is 23.8 Å². The molecule has 6 nitrogen and oxygen atoms in total. The highest BCUT2D eigenvalue weighted by atomic mass is 16.7. The molecule has 0 bridgehead atoms. The van der Waals surface area contributed by atoms with E-state index < -0.39 is 0 Å².